The van der Waals surface area contributed by atoms with Gasteiger partial charge in [0.2, 0.25) is 0 Å². The Labute approximate surface area is 149 Å². The third-order valence-corrected chi connectivity index (χ3v) is 4.71. The highest BCUT2D eigenvalue weighted by molar-refractivity contribution is 9.10. The Morgan fingerprint density at radius 1 is 1.42 bits per heavy atom. The van der Waals surface area contributed by atoms with Gasteiger partial charge in [-0.25, -0.2) is 0 Å². The molecule has 7 nitrogen and oxygen atoms in total. The van der Waals surface area contributed by atoms with Gasteiger partial charge in [0.25, 0.3) is 5.56 Å². The van der Waals surface area contributed by atoms with Gasteiger partial charge in [0.1, 0.15) is 5.69 Å². The predicted molar refractivity (Wildman–Crippen MR) is 96.6 cm³/mol. The fourth-order valence-corrected chi connectivity index (χ4v) is 3.50. The molecule has 0 bridgehead atoms. The largest absolute Gasteiger partial charge is 0.383 e. The summed E-state index contributed by atoms with van der Waals surface area (Å²) in [6.45, 7) is 5.49. The molecule has 2 aromatic rings. The number of hydrogen-bond acceptors (Lipinski definition) is 5. The molecular formula is C16H22BrN5O2. The SMILES string of the molecule is COCC(C)N1CCn2nc(Nc3cc(Br)cn(C)c3=O)cc2C1. The molecule has 24 heavy (non-hydrogen) atoms. The average Bonchev–Trinajstić information content (AvgIpc) is 2.93. The van der Waals surface area contributed by atoms with Gasteiger partial charge in [-0.2, -0.15) is 5.10 Å². The molecule has 1 N–H and O–H groups in total. The number of pyridine rings is 1. The van der Waals surface area contributed by atoms with Gasteiger partial charge in [0.15, 0.2) is 5.82 Å². The third-order valence-electron chi connectivity index (χ3n) is 4.27. The average molecular weight is 396 g/mol. The van der Waals surface area contributed by atoms with Crippen LogP contribution in [-0.4, -0.2) is 45.6 Å². The predicted octanol–water partition coefficient (Wildman–Crippen LogP) is 1.94. The van der Waals surface area contributed by atoms with E-state index in [1.165, 1.54) is 4.57 Å². The summed E-state index contributed by atoms with van der Waals surface area (Å²) in [5.74, 6) is 0.696. The van der Waals surface area contributed by atoms with Crippen molar-refractivity contribution in [2.75, 3.05) is 25.6 Å². The standard InChI is InChI=1S/C16H22BrN5O2/c1-11(10-24-3)21-4-5-22-13(9-21)7-15(19-22)18-14-6-12(17)8-20(2)16(14)23/h6-8,11H,4-5,9-10H2,1-3H3,(H,18,19). The molecule has 1 atom stereocenters. The number of nitrogens with one attached hydrogen (secondary N) is 1. The van der Waals surface area contributed by atoms with Crippen LogP contribution in [0.1, 0.15) is 12.6 Å². The lowest BCUT2D eigenvalue weighted by atomic mass is 10.2. The Morgan fingerprint density at radius 3 is 2.96 bits per heavy atom. The van der Waals surface area contributed by atoms with Crippen LogP contribution in [0.2, 0.25) is 0 Å². The summed E-state index contributed by atoms with van der Waals surface area (Å²) in [7, 11) is 3.46. The number of fused-ring (bicyclic) bond motifs is 1. The van der Waals surface area contributed by atoms with E-state index < -0.39 is 0 Å². The number of aryl methyl sites for hydroxylation is 1. The number of methoxy groups -OCH3 is 1. The molecule has 3 rings (SSSR count). The van der Waals surface area contributed by atoms with Crippen LogP contribution >= 0.6 is 15.9 Å². The fourth-order valence-electron chi connectivity index (χ4n) is 2.97. The summed E-state index contributed by atoms with van der Waals surface area (Å²) in [4.78, 5) is 14.6. The van der Waals surface area contributed by atoms with Crippen molar-refractivity contribution in [3.63, 3.8) is 0 Å². The van der Waals surface area contributed by atoms with Crippen molar-refractivity contribution < 1.29 is 4.74 Å². The number of ether oxygens (including phenoxy) is 1. The first-order chi connectivity index (χ1) is 11.5. The maximum Gasteiger partial charge on any atom is 0.274 e. The molecule has 0 aromatic carbocycles. The fraction of sp³-hybridized carbons (Fsp3) is 0.500. The van der Waals surface area contributed by atoms with Crippen molar-refractivity contribution >= 4 is 27.4 Å². The van der Waals surface area contributed by atoms with Gasteiger partial charge in [-0.15, -0.1) is 0 Å². The Balaban J connectivity index is 1.78. The van der Waals surface area contributed by atoms with Gasteiger partial charge < -0.3 is 14.6 Å². The van der Waals surface area contributed by atoms with Crippen molar-refractivity contribution in [3.8, 4) is 0 Å². The summed E-state index contributed by atoms with van der Waals surface area (Å²) < 4.78 is 9.63. The van der Waals surface area contributed by atoms with Crippen LogP contribution in [0.3, 0.4) is 0 Å². The number of halogens is 1. The highest BCUT2D eigenvalue weighted by Gasteiger charge is 2.22. The summed E-state index contributed by atoms with van der Waals surface area (Å²) >= 11 is 3.41. The van der Waals surface area contributed by atoms with Gasteiger partial charge in [0, 0.05) is 50.0 Å². The van der Waals surface area contributed by atoms with Crippen molar-refractivity contribution in [3.05, 3.63) is 38.9 Å². The summed E-state index contributed by atoms with van der Waals surface area (Å²) in [5, 5.41) is 7.71. The zero-order chi connectivity index (χ0) is 17.3. The molecule has 0 fully saturated rings. The van der Waals surface area contributed by atoms with E-state index in [1.54, 1.807) is 26.4 Å². The van der Waals surface area contributed by atoms with E-state index >= 15 is 0 Å². The second-order valence-corrected chi connectivity index (χ2v) is 7.05. The lowest BCUT2D eigenvalue weighted by molar-refractivity contribution is 0.0797. The first-order valence-electron chi connectivity index (χ1n) is 7.91. The lowest BCUT2D eigenvalue weighted by Gasteiger charge is -2.32. The van der Waals surface area contributed by atoms with Crippen molar-refractivity contribution in [2.24, 2.45) is 7.05 Å². The first kappa shape index (κ1) is 17.2. The number of anilines is 2. The van der Waals surface area contributed by atoms with E-state index in [4.69, 9.17) is 4.74 Å². The molecule has 130 valence electrons. The Hall–Kier alpha value is -1.64. The van der Waals surface area contributed by atoms with E-state index in [0.29, 0.717) is 24.2 Å². The van der Waals surface area contributed by atoms with Crippen molar-refractivity contribution in [1.82, 2.24) is 19.2 Å². The van der Waals surface area contributed by atoms with Gasteiger partial charge >= 0.3 is 0 Å². The van der Waals surface area contributed by atoms with Crippen LogP contribution in [0.25, 0.3) is 0 Å². The second kappa shape index (κ2) is 7.08. The van der Waals surface area contributed by atoms with Crippen LogP contribution in [0, 0.1) is 0 Å². The smallest absolute Gasteiger partial charge is 0.274 e. The molecule has 1 aliphatic heterocycles. The summed E-state index contributed by atoms with van der Waals surface area (Å²) in [6, 6.07) is 4.15. The van der Waals surface area contributed by atoms with Crippen LogP contribution < -0.4 is 10.9 Å². The zero-order valence-electron chi connectivity index (χ0n) is 14.1. The van der Waals surface area contributed by atoms with Crippen molar-refractivity contribution in [2.45, 2.75) is 26.1 Å². The molecule has 0 amide bonds. The van der Waals surface area contributed by atoms with E-state index in [2.05, 4.69) is 38.2 Å². The zero-order valence-corrected chi connectivity index (χ0v) is 15.7. The highest BCUT2D eigenvalue weighted by atomic mass is 79.9. The maximum absolute atomic E-state index is 12.2. The molecule has 1 unspecified atom stereocenters. The molecule has 1 aliphatic rings. The van der Waals surface area contributed by atoms with E-state index in [1.807, 2.05) is 10.7 Å². The second-order valence-electron chi connectivity index (χ2n) is 6.13. The van der Waals surface area contributed by atoms with Crippen molar-refractivity contribution in [1.29, 1.82) is 0 Å². The summed E-state index contributed by atoms with van der Waals surface area (Å²) in [5.41, 5.74) is 1.56. The third kappa shape index (κ3) is 3.55. The quantitative estimate of drug-likeness (QED) is 0.837. The van der Waals surface area contributed by atoms with E-state index in [9.17, 15) is 4.79 Å². The molecule has 0 saturated carbocycles. The van der Waals surface area contributed by atoms with Gasteiger partial charge in [0.05, 0.1) is 18.8 Å². The van der Waals surface area contributed by atoms with E-state index in [-0.39, 0.29) is 5.56 Å². The van der Waals surface area contributed by atoms with Crippen LogP contribution in [-0.2, 0) is 24.9 Å². The molecular weight excluding hydrogens is 374 g/mol. The van der Waals surface area contributed by atoms with Gasteiger partial charge in [-0.3, -0.25) is 14.4 Å². The molecule has 0 saturated heterocycles. The molecule has 0 spiro atoms. The van der Waals surface area contributed by atoms with Crippen LogP contribution in [0.4, 0.5) is 11.5 Å². The van der Waals surface area contributed by atoms with Crippen LogP contribution in [0.15, 0.2) is 27.6 Å². The Morgan fingerprint density at radius 2 is 2.21 bits per heavy atom. The number of hydrogen-bond donors (Lipinski definition) is 1. The number of nitrogens with zero attached hydrogens (tertiary/aromatic N) is 4. The Bertz CT molecular complexity index is 785. The minimum atomic E-state index is -0.0838. The normalized spacial score (nSPS) is 16.0. The number of rotatable bonds is 5. The molecule has 0 aliphatic carbocycles. The minimum Gasteiger partial charge on any atom is -0.383 e. The maximum atomic E-state index is 12.2. The minimum absolute atomic E-state index is 0.0838. The van der Waals surface area contributed by atoms with E-state index in [0.717, 1.165) is 29.8 Å². The highest BCUT2D eigenvalue weighted by Crippen LogP contribution is 2.21. The van der Waals surface area contributed by atoms with Gasteiger partial charge in [-0.1, -0.05) is 0 Å². The van der Waals surface area contributed by atoms with Crippen LogP contribution in [0.5, 0.6) is 0 Å². The Kier molecular flexibility index (Phi) is 5.07. The molecule has 0 radical (unpaired) electrons. The first-order valence-corrected chi connectivity index (χ1v) is 8.70. The summed E-state index contributed by atoms with van der Waals surface area (Å²) in [6.07, 6.45) is 1.74. The molecule has 8 heteroatoms. The monoisotopic (exact) mass is 395 g/mol. The molecule has 3 heterocycles. The topological polar surface area (TPSA) is 64.3 Å². The molecule has 2 aromatic heterocycles. The number of aromatic nitrogens is 3. The lowest BCUT2D eigenvalue weighted by Crippen LogP contribution is -2.41. The van der Waals surface area contributed by atoms with Gasteiger partial charge in [-0.05, 0) is 28.9 Å².